The number of rotatable bonds is 3. The van der Waals surface area contributed by atoms with E-state index in [1.807, 2.05) is 0 Å². The summed E-state index contributed by atoms with van der Waals surface area (Å²) in [5.74, 6) is 0.289. The van der Waals surface area contributed by atoms with Crippen LogP contribution in [0.2, 0.25) is 0 Å². The first-order valence-corrected chi connectivity index (χ1v) is 8.56. The number of amides is 1. The maximum absolute atomic E-state index is 13.0. The number of likely N-dealkylation sites (tertiary alicyclic amines) is 2. The third-order valence-corrected chi connectivity index (χ3v) is 5.64. The van der Waals surface area contributed by atoms with Gasteiger partial charge in [-0.1, -0.05) is 0 Å². The standard InChI is InChI=1S/C16H29N3O2.2ClH/c17-13-16(5-10-21-11-6-16)15(20)19-9-3-4-14(12-19)18-7-1-2-8-18;;/h14H,1-13,17H2;2*1H. The summed E-state index contributed by atoms with van der Waals surface area (Å²) < 4.78 is 5.43. The van der Waals surface area contributed by atoms with Crippen LogP contribution < -0.4 is 5.73 Å². The van der Waals surface area contributed by atoms with Crippen molar-refractivity contribution in [3.8, 4) is 0 Å². The van der Waals surface area contributed by atoms with Crippen molar-refractivity contribution < 1.29 is 9.53 Å². The Labute approximate surface area is 152 Å². The third kappa shape index (κ3) is 4.51. The zero-order valence-corrected chi connectivity index (χ0v) is 15.5. The normalized spacial score (nSPS) is 27.9. The van der Waals surface area contributed by atoms with Crippen molar-refractivity contribution in [2.45, 2.75) is 44.6 Å². The topological polar surface area (TPSA) is 58.8 Å². The molecular weight excluding hydrogens is 337 g/mol. The fraction of sp³-hybridized carbons (Fsp3) is 0.938. The van der Waals surface area contributed by atoms with E-state index >= 15 is 0 Å². The number of halogens is 2. The monoisotopic (exact) mass is 367 g/mol. The van der Waals surface area contributed by atoms with E-state index < -0.39 is 0 Å². The Kier molecular flexibility index (Phi) is 8.59. The van der Waals surface area contributed by atoms with Crippen molar-refractivity contribution >= 4 is 30.7 Å². The number of ether oxygens (including phenoxy) is 1. The molecule has 3 fully saturated rings. The van der Waals surface area contributed by atoms with Crippen molar-refractivity contribution in [3.63, 3.8) is 0 Å². The highest BCUT2D eigenvalue weighted by Gasteiger charge is 2.43. The van der Waals surface area contributed by atoms with E-state index in [9.17, 15) is 4.79 Å². The summed E-state index contributed by atoms with van der Waals surface area (Å²) in [5, 5.41) is 0. The van der Waals surface area contributed by atoms with Gasteiger partial charge in [-0.25, -0.2) is 0 Å². The van der Waals surface area contributed by atoms with Crippen LogP contribution in [0, 0.1) is 5.41 Å². The predicted molar refractivity (Wildman–Crippen MR) is 96.4 cm³/mol. The van der Waals surface area contributed by atoms with Crippen molar-refractivity contribution in [1.29, 1.82) is 0 Å². The summed E-state index contributed by atoms with van der Waals surface area (Å²) in [6, 6.07) is 0.569. The number of carbonyl (C=O) groups is 1. The molecule has 136 valence electrons. The first-order chi connectivity index (χ1) is 10.2. The average Bonchev–Trinajstić information content (AvgIpc) is 3.09. The van der Waals surface area contributed by atoms with E-state index in [1.165, 1.54) is 32.4 Å². The first kappa shape index (κ1) is 21.0. The van der Waals surface area contributed by atoms with E-state index in [0.29, 0.717) is 25.8 Å². The smallest absolute Gasteiger partial charge is 0.230 e. The Bertz CT molecular complexity index is 372. The van der Waals surface area contributed by atoms with Crippen LogP contribution in [-0.2, 0) is 9.53 Å². The van der Waals surface area contributed by atoms with Gasteiger partial charge in [-0.15, -0.1) is 24.8 Å². The van der Waals surface area contributed by atoms with Crippen LogP contribution in [0.1, 0.15) is 38.5 Å². The molecule has 5 nitrogen and oxygen atoms in total. The van der Waals surface area contributed by atoms with Gasteiger partial charge in [0.05, 0.1) is 5.41 Å². The van der Waals surface area contributed by atoms with Gasteiger partial charge in [-0.2, -0.15) is 0 Å². The van der Waals surface area contributed by atoms with Crippen molar-refractivity contribution in [3.05, 3.63) is 0 Å². The lowest BCUT2D eigenvalue weighted by atomic mass is 9.78. The lowest BCUT2D eigenvalue weighted by Crippen LogP contribution is -2.56. The summed E-state index contributed by atoms with van der Waals surface area (Å²) in [7, 11) is 0. The van der Waals surface area contributed by atoms with Gasteiger partial charge >= 0.3 is 0 Å². The minimum absolute atomic E-state index is 0. The highest BCUT2D eigenvalue weighted by Crippen LogP contribution is 2.33. The van der Waals surface area contributed by atoms with Gasteiger partial charge < -0.3 is 15.4 Å². The molecule has 0 aromatic rings. The number of nitrogens with two attached hydrogens (primary N) is 1. The van der Waals surface area contributed by atoms with E-state index in [-0.39, 0.29) is 36.1 Å². The van der Waals surface area contributed by atoms with E-state index in [1.54, 1.807) is 0 Å². The molecule has 23 heavy (non-hydrogen) atoms. The molecule has 0 aliphatic carbocycles. The molecule has 3 aliphatic rings. The summed E-state index contributed by atoms with van der Waals surface area (Å²) in [4.78, 5) is 17.7. The van der Waals surface area contributed by atoms with Crippen LogP contribution in [-0.4, -0.2) is 67.7 Å². The second-order valence-electron chi connectivity index (χ2n) is 6.89. The molecule has 1 amide bonds. The second kappa shape index (κ2) is 9.42. The van der Waals surface area contributed by atoms with Gasteiger partial charge in [0.25, 0.3) is 0 Å². The molecule has 2 N–H and O–H groups in total. The average molecular weight is 368 g/mol. The molecular formula is C16H31Cl2N3O2. The molecule has 3 saturated heterocycles. The van der Waals surface area contributed by atoms with Gasteiger partial charge in [0.2, 0.25) is 5.91 Å². The first-order valence-electron chi connectivity index (χ1n) is 8.56. The molecule has 0 aromatic carbocycles. The molecule has 0 radical (unpaired) electrons. The molecule has 3 heterocycles. The lowest BCUT2D eigenvalue weighted by Gasteiger charge is -2.43. The Hall–Kier alpha value is -0.0700. The van der Waals surface area contributed by atoms with Crippen LogP contribution in [0.5, 0.6) is 0 Å². The van der Waals surface area contributed by atoms with Crippen LogP contribution >= 0.6 is 24.8 Å². The Morgan fingerprint density at radius 1 is 1.09 bits per heavy atom. The number of nitrogens with zero attached hydrogens (tertiary/aromatic N) is 2. The van der Waals surface area contributed by atoms with Crippen LogP contribution in [0.4, 0.5) is 0 Å². The molecule has 0 saturated carbocycles. The molecule has 1 atom stereocenters. The van der Waals surface area contributed by atoms with E-state index in [0.717, 1.165) is 32.4 Å². The molecule has 0 aromatic heterocycles. The zero-order chi connectivity index (χ0) is 14.7. The fourth-order valence-corrected chi connectivity index (χ4v) is 4.15. The molecule has 1 unspecified atom stereocenters. The molecule has 3 rings (SSSR count). The second-order valence-corrected chi connectivity index (χ2v) is 6.89. The van der Waals surface area contributed by atoms with E-state index in [4.69, 9.17) is 10.5 Å². The van der Waals surface area contributed by atoms with Gasteiger partial charge in [0, 0.05) is 38.9 Å². The summed E-state index contributed by atoms with van der Waals surface area (Å²) >= 11 is 0. The van der Waals surface area contributed by atoms with Gasteiger partial charge in [0.1, 0.15) is 0 Å². The molecule has 0 spiro atoms. The van der Waals surface area contributed by atoms with Gasteiger partial charge in [-0.05, 0) is 51.6 Å². The summed E-state index contributed by atoms with van der Waals surface area (Å²) in [6.45, 7) is 6.04. The third-order valence-electron chi connectivity index (χ3n) is 5.64. The van der Waals surface area contributed by atoms with Crippen molar-refractivity contribution in [2.75, 3.05) is 45.9 Å². The van der Waals surface area contributed by atoms with Gasteiger partial charge in [-0.3, -0.25) is 9.69 Å². The van der Waals surface area contributed by atoms with Crippen LogP contribution in [0.25, 0.3) is 0 Å². The minimum atomic E-state index is -0.356. The SMILES string of the molecule is Cl.Cl.NCC1(C(=O)N2CCCC(N3CCCC3)C2)CCOCC1. The van der Waals surface area contributed by atoms with Crippen LogP contribution in [0.15, 0.2) is 0 Å². The Morgan fingerprint density at radius 3 is 2.35 bits per heavy atom. The predicted octanol–water partition coefficient (Wildman–Crippen LogP) is 1.67. The van der Waals surface area contributed by atoms with Crippen LogP contribution in [0.3, 0.4) is 0 Å². The Balaban J connectivity index is 0.00000132. The highest BCUT2D eigenvalue weighted by molar-refractivity contribution is 5.85. The van der Waals surface area contributed by atoms with Crippen molar-refractivity contribution in [2.24, 2.45) is 11.1 Å². The van der Waals surface area contributed by atoms with E-state index in [2.05, 4.69) is 9.80 Å². The number of hydrogen-bond donors (Lipinski definition) is 1. The van der Waals surface area contributed by atoms with Crippen molar-refractivity contribution in [1.82, 2.24) is 9.80 Å². The number of hydrogen-bond acceptors (Lipinski definition) is 4. The number of carbonyl (C=O) groups excluding carboxylic acids is 1. The number of piperidine rings is 1. The van der Waals surface area contributed by atoms with Gasteiger partial charge in [0.15, 0.2) is 0 Å². The summed E-state index contributed by atoms with van der Waals surface area (Å²) in [6.07, 6.45) is 6.57. The molecule has 3 aliphatic heterocycles. The molecule has 7 heteroatoms. The largest absolute Gasteiger partial charge is 0.381 e. The quantitative estimate of drug-likeness (QED) is 0.824. The highest BCUT2D eigenvalue weighted by atomic mass is 35.5. The summed E-state index contributed by atoms with van der Waals surface area (Å²) in [5.41, 5.74) is 5.63. The minimum Gasteiger partial charge on any atom is -0.381 e. The Morgan fingerprint density at radius 2 is 1.74 bits per heavy atom. The fourth-order valence-electron chi connectivity index (χ4n) is 4.15. The maximum Gasteiger partial charge on any atom is 0.230 e. The maximum atomic E-state index is 13.0. The molecule has 0 bridgehead atoms. The lowest BCUT2D eigenvalue weighted by molar-refractivity contribution is -0.149. The zero-order valence-electron chi connectivity index (χ0n) is 13.9.